The first-order chi connectivity index (χ1) is 9.38. The summed E-state index contributed by atoms with van der Waals surface area (Å²) in [5, 5.41) is 7.72. The zero-order chi connectivity index (χ0) is 13.1. The Bertz CT molecular complexity index is 659. The average molecular weight is 270 g/mol. The van der Waals surface area contributed by atoms with E-state index in [2.05, 4.69) is 45.3 Å². The molecule has 1 N–H and O–H groups in total. The zero-order valence-electron chi connectivity index (χ0n) is 10.6. The number of hydrogen-bond acceptors (Lipinski definition) is 4. The van der Waals surface area contributed by atoms with Crippen LogP contribution in [0.2, 0.25) is 0 Å². The standard InChI is InChI=1S/C14H14N4S/c1-2-7-19-13-6-4-3-5-10(13)14-17-11-8-15-16-9-12(11)18-14/h3-6,8-9H,2,7H2,1H3,(H,17,18). The van der Waals surface area contributed by atoms with Crippen molar-refractivity contribution in [3.05, 3.63) is 36.7 Å². The molecule has 19 heavy (non-hydrogen) atoms. The van der Waals surface area contributed by atoms with Crippen LogP contribution in [-0.2, 0) is 0 Å². The molecule has 0 unspecified atom stereocenters. The van der Waals surface area contributed by atoms with Crippen molar-refractivity contribution < 1.29 is 0 Å². The molecule has 96 valence electrons. The minimum atomic E-state index is 0.847. The summed E-state index contributed by atoms with van der Waals surface area (Å²) in [7, 11) is 0. The van der Waals surface area contributed by atoms with E-state index in [0.717, 1.165) is 34.6 Å². The van der Waals surface area contributed by atoms with Gasteiger partial charge in [0.2, 0.25) is 0 Å². The largest absolute Gasteiger partial charge is 0.337 e. The molecule has 0 radical (unpaired) electrons. The van der Waals surface area contributed by atoms with Gasteiger partial charge in [-0.25, -0.2) is 4.98 Å². The third-order valence-electron chi connectivity index (χ3n) is 2.80. The first-order valence-corrected chi connectivity index (χ1v) is 7.25. The Morgan fingerprint density at radius 1 is 1.16 bits per heavy atom. The van der Waals surface area contributed by atoms with Crippen LogP contribution in [0.3, 0.4) is 0 Å². The van der Waals surface area contributed by atoms with Crippen LogP contribution in [0.15, 0.2) is 41.6 Å². The van der Waals surface area contributed by atoms with Crippen LogP contribution in [0.5, 0.6) is 0 Å². The lowest BCUT2D eigenvalue weighted by molar-refractivity contribution is 1.05. The molecular formula is C14H14N4S. The predicted octanol–water partition coefficient (Wildman–Crippen LogP) is 3.52. The smallest absolute Gasteiger partial charge is 0.139 e. The van der Waals surface area contributed by atoms with E-state index in [-0.39, 0.29) is 0 Å². The van der Waals surface area contributed by atoms with Crippen LogP contribution in [-0.4, -0.2) is 25.9 Å². The third kappa shape index (κ3) is 2.46. The molecule has 0 atom stereocenters. The van der Waals surface area contributed by atoms with Crippen LogP contribution in [0.4, 0.5) is 0 Å². The average Bonchev–Trinajstić information content (AvgIpc) is 2.89. The lowest BCUT2D eigenvalue weighted by Crippen LogP contribution is -1.85. The number of fused-ring (bicyclic) bond motifs is 1. The summed E-state index contributed by atoms with van der Waals surface area (Å²) in [6.45, 7) is 2.19. The van der Waals surface area contributed by atoms with Gasteiger partial charge in [0.1, 0.15) is 11.3 Å². The van der Waals surface area contributed by atoms with Gasteiger partial charge in [-0.2, -0.15) is 10.2 Å². The topological polar surface area (TPSA) is 54.5 Å². The zero-order valence-corrected chi connectivity index (χ0v) is 11.4. The van der Waals surface area contributed by atoms with Crippen molar-refractivity contribution in [3.63, 3.8) is 0 Å². The van der Waals surface area contributed by atoms with E-state index >= 15 is 0 Å². The predicted molar refractivity (Wildman–Crippen MR) is 78.1 cm³/mol. The quantitative estimate of drug-likeness (QED) is 0.737. The summed E-state index contributed by atoms with van der Waals surface area (Å²) in [5.41, 5.74) is 2.90. The summed E-state index contributed by atoms with van der Waals surface area (Å²) < 4.78 is 0. The molecule has 0 aliphatic carbocycles. The number of thioether (sulfide) groups is 1. The third-order valence-corrected chi connectivity index (χ3v) is 4.08. The first kappa shape index (κ1) is 12.2. The van der Waals surface area contributed by atoms with E-state index in [0.29, 0.717) is 0 Å². The maximum atomic E-state index is 4.58. The normalized spacial score (nSPS) is 11.0. The second kappa shape index (κ2) is 5.40. The SMILES string of the molecule is CCCSc1ccccc1-c1nc2cnncc2[nH]1. The van der Waals surface area contributed by atoms with Crippen molar-refractivity contribution in [1.29, 1.82) is 0 Å². The maximum absolute atomic E-state index is 4.58. The second-order valence-corrected chi connectivity index (χ2v) is 5.35. The first-order valence-electron chi connectivity index (χ1n) is 6.27. The van der Waals surface area contributed by atoms with Crippen LogP contribution < -0.4 is 0 Å². The highest BCUT2D eigenvalue weighted by molar-refractivity contribution is 7.99. The number of benzene rings is 1. The van der Waals surface area contributed by atoms with E-state index in [1.807, 2.05) is 17.8 Å². The molecule has 2 heterocycles. The summed E-state index contributed by atoms with van der Waals surface area (Å²) in [6.07, 6.45) is 4.54. The molecule has 0 fully saturated rings. The minimum Gasteiger partial charge on any atom is -0.337 e. The number of H-pyrrole nitrogens is 1. The number of nitrogens with one attached hydrogen (secondary N) is 1. The molecule has 0 amide bonds. The van der Waals surface area contributed by atoms with Crippen molar-refractivity contribution in [1.82, 2.24) is 20.2 Å². The van der Waals surface area contributed by atoms with Crippen molar-refractivity contribution in [3.8, 4) is 11.4 Å². The van der Waals surface area contributed by atoms with Gasteiger partial charge in [0, 0.05) is 10.5 Å². The number of aromatic amines is 1. The van der Waals surface area contributed by atoms with Crippen LogP contribution >= 0.6 is 11.8 Å². The minimum absolute atomic E-state index is 0.847. The van der Waals surface area contributed by atoms with Crippen molar-refractivity contribution in [2.24, 2.45) is 0 Å². The van der Waals surface area contributed by atoms with Crippen molar-refractivity contribution in [2.45, 2.75) is 18.2 Å². The fourth-order valence-electron chi connectivity index (χ4n) is 1.90. The molecule has 0 aliphatic heterocycles. The Labute approximate surface area is 115 Å². The molecule has 0 spiro atoms. The molecule has 0 saturated heterocycles. The second-order valence-electron chi connectivity index (χ2n) is 4.22. The van der Waals surface area contributed by atoms with Gasteiger partial charge < -0.3 is 4.98 Å². The molecule has 3 aromatic rings. The Morgan fingerprint density at radius 2 is 2.00 bits per heavy atom. The summed E-state index contributed by atoms with van der Waals surface area (Å²) in [6, 6.07) is 8.33. The monoisotopic (exact) mass is 270 g/mol. The number of imidazole rings is 1. The van der Waals surface area contributed by atoms with Gasteiger partial charge in [-0.05, 0) is 18.2 Å². The Hall–Kier alpha value is -1.88. The molecule has 0 saturated carbocycles. The highest BCUT2D eigenvalue weighted by Gasteiger charge is 2.09. The van der Waals surface area contributed by atoms with E-state index in [9.17, 15) is 0 Å². The summed E-state index contributed by atoms with van der Waals surface area (Å²) in [5.74, 6) is 1.99. The van der Waals surface area contributed by atoms with Gasteiger partial charge in [0.25, 0.3) is 0 Å². The molecule has 1 aromatic carbocycles. The van der Waals surface area contributed by atoms with E-state index < -0.39 is 0 Å². The van der Waals surface area contributed by atoms with Gasteiger partial charge in [0.15, 0.2) is 0 Å². The van der Waals surface area contributed by atoms with Gasteiger partial charge in [0.05, 0.1) is 17.9 Å². The van der Waals surface area contributed by atoms with Crippen LogP contribution in [0.1, 0.15) is 13.3 Å². The molecule has 3 rings (SSSR count). The van der Waals surface area contributed by atoms with Gasteiger partial charge in [-0.1, -0.05) is 25.1 Å². The van der Waals surface area contributed by atoms with Gasteiger partial charge in [-0.3, -0.25) is 0 Å². The lowest BCUT2D eigenvalue weighted by Gasteiger charge is -2.05. The highest BCUT2D eigenvalue weighted by Crippen LogP contribution is 2.30. The van der Waals surface area contributed by atoms with Crippen molar-refractivity contribution >= 4 is 22.8 Å². The van der Waals surface area contributed by atoms with Crippen molar-refractivity contribution in [2.75, 3.05) is 5.75 Å². The summed E-state index contributed by atoms with van der Waals surface area (Å²) >= 11 is 1.86. The molecule has 0 bridgehead atoms. The lowest BCUT2D eigenvalue weighted by atomic mass is 10.2. The molecule has 2 aromatic heterocycles. The maximum Gasteiger partial charge on any atom is 0.139 e. The molecule has 4 nitrogen and oxygen atoms in total. The fourth-order valence-corrected chi connectivity index (χ4v) is 2.82. The van der Waals surface area contributed by atoms with Crippen LogP contribution in [0, 0.1) is 0 Å². The van der Waals surface area contributed by atoms with E-state index in [1.54, 1.807) is 12.4 Å². The highest BCUT2D eigenvalue weighted by atomic mass is 32.2. The number of hydrogen-bond donors (Lipinski definition) is 1. The van der Waals surface area contributed by atoms with Gasteiger partial charge >= 0.3 is 0 Å². The number of rotatable bonds is 4. The molecule has 0 aliphatic rings. The number of nitrogens with zero attached hydrogens (tertiary/aromatic N) is 3. The fraction of sp³-hybridized carbons (Fsp3) is 0.214. The molecule has 5 heteroatoms. The Morgan fingerprint density at radius 3 is 2.84 bits per heavy atom. The Balaban J connectivity index is 2.05. The van der Waals surface area contributed by atoms with Crippen LogP contribution in [0.25, 0.3) is 22.4 Å². The van der Waals surface area contributed by atoms with Gasteiger partial charge in [-0.15, -0.1) is 11.8 Å². The summed E-state index contributed by atoms with van der Waals surface area (Å²) in [4.78, 5) is 9.14. The number of aromatic nitrogens is 4. The Kier molecular flexibility index (Phi) is 3.46. The molecular weight excluding hydrogens is 256 g/mol. The van der Waals surface area contributed by atoms with E-state index in [1.165, 1.54) is 4.90 Å². The van der Waals surface area contributed by atoms with E-state index in [4.69, 9.17) is 0 Å².